The zero-order valence-corrected chi connectivity index (χ0v) is 11.6. The number of hydrogen-bond acceptors (Lipinski definition) is 2. The van der Waals surface area contributed by atoms with Crippen molar-refractivity contribution in [1.29, 1.82) is 0 Å². The van der Waals surface area contributed by atoms with Crippen LogP contribution in [0.3, 0.4) is 0 Å². The molecule has 0 spiro atoms. The highest BCUT2D eigenvalue weighted by Gasteiger charge is 2.18. The summed E-state index contributed by atoms with van der Waals surface area (Å²) in [6, 6.07) is 10.2. The Morgan fingerprint density at radius 1 is 1.11 bits per heavy atom. The molecule has 0 amide bonds. The fourth-order valence-electron chi connectivity index (χ4n) is 2.15. The van der Waals surface area contributed by atoms with Gasteiger partial charge in [-0.3, -0.25) is 5.84 Å². The van der Waals surface area contributed by atoms with Gasteiger partial charge in [0, 0.05) is 5.02 Å². The first kappa shape index (κ1) is 14.0. The maximum atomic E-state index is 13.1. The van der Waals surface area contributed by atoms with Gasteiger partial charge in [-0.05, 0) is 42.7 Å². The minimum absolute atomic E-state index is 0.256. The van der Waals surface area contributed by atoms with Crippen LogP contribution in [-0.2, 0) is 0 Å². The number of aryl methyl sites for hydroxylation is 2. The van der Waals surface area contributed by atoms with E-state index < -0.39 is 0 Å². The Bertz CT molecular complexity index is 599. The molecule has 0 aromatic heterocycles. The van der Waals surface area contributed by atoms with Crippen LogP contribution >= 0.6 is 11.6 Å². The van der Waals surface area contributed by atoms with E-state index in [9.17, 15) is 4.39 Å². The summed E-state index contributed by atoms with van der Waals surface area (Å²) in [5.41, 5.74) is 6.80. The van der Waals surface area contributed by atoms with Crippen LogP contribution in [0.1, 0.15) is 28.3 Å². The molecule has 19 heavy (non-hydrogen) atoms. The maximum Gasteiger partial charge on any atom is 0.124 e. The fourth-order valence-corrected chi connectivity index (χ4v) is 2.43. The minimum atomic E-state index is -0.356. The first-order valence-corrected chi connectivity index (χ1v) is 6.39. The van der Waals surface area contributed by atoms with Crippen LogP contribution in [0.25, 0.3) is 0 Å². The van der Waals surface area contributed by atoms with Crippen molar-refractivity contribution >= 4 is 11.6 Å². The maximum absolute atomic E-state index is 13.1. The lowest BCUT2D eigenvalue weighted by atomic mass is 9.94. The highest BCUT2D eigenvalue weighted by Crippen LogP contribution is 2.30. The average molecular weight is 279 g/mol. The van der Waals surface area contributed by atoms with E-state index in [2.05, 4.69) is 11.5 Å². The second kappa shape index (κ2) is 5.70. The summed E-state index contributed by atoms with van der Waals surface area (Å²) < 4.78 is 13.1. The number of benzene rings is 2. The van der Waals surface area contributed by atoms with Crippen molar-refractivity contribution < 1.29 is 4.39 Å². The molecule has 1 atom stereocenters. The van der Waals surface area contributed by atoms with E-state index >= 15 is 0 Å². The number of hydrazine groups is 1. The molecule has 0 aliphatic rings. The normalized spacial score (nSPS) is 12.5. The molecule has 2 nitrogen and oxygen atoms in total. The first-order valence-electron chi connectivity index (χ1n) is 6.01. The van der Waals surface area contributed by atoms with Gasteiger partial charge in [0.1, 0.15) is 5.82 Å². The Hall–Kier alpha value is -1.42. The van der Waals surface area contributed by atoms with Crippen LogP contribution in [0.2, 0.25) is 5.02 Å². The molecule has 3 N–H and O–H groups in total. The molecule has 100 valence electrons. The Labute approximate surface area is 117 Å². The minimum Gasteiger partial charge on any atom is -0.271 e. The largest absolute Gasteiger partial charge is 0.271 e. The van der Waals surface area contributed by atoms with Crippen LogP contribution in [-0.4, -0.2) is 0 Å². The van der Waals surface area contributed by atoms with Crippen molar-refractivity contribution in [2.45, 2.75) is 19.9 Å². The summed E-state index contributed by atoms with van der Waals surface area (Å²) in [4.78, 5) is 0. The molecule has 0 bridgehead atoms. The molecule has 0 saturated heterocycles. The topological polar surface area (TPSA) is 38.0 Å². The van der Waals surface area contributed by atoms with Gasteiger partial charge in [0.05, 0.1) is 6.04 Å². The molecule has 2 aromatic rings. The number of rotatable bonds is 3. The van der Waals surface area contributed by atoms with Gasteiger partial charge in [-0.15, -0.1) is 0 Å². The van der Waals surface area contributed by atoms with Gasteiger partial charge in [0.15, 0.2) is 0 Å². The molecule has 0 saturated carbocycles. The molecule has 2 rings (SSSR count). The van der Waals surface area contributed by atoms with Gasteiger partial charge in [-0.1, -0.05) is 41.4 Å². The predicted molar refractivity (Wildman–Crippen MR) is 76.5 cm³/mol. The molecule has 0 aliphatic carbocycles. The first-order chi connectivity index (χ1) is 9.02. The molecule has 1 unspecified atom stereocenters. The smallest absolute Gasteiger partial charge is 0.124 e. The Balaban J connectivity index is 2.52. The molecule has 0 fully saturated rings. The summed E-state index contributed by atoms with van der Waals surface area (Å²) in [5.74, 6) is 5.30. The summed E-state index contributed by atoms with van der Waals surface area (Å²) >= 11 is 6.11. The van der Waals surface area contributed by atoms with Gasteiger partial charge < -0.3 is 0 Å². The Morgan fingerprint density at radius 3 is 2.47 bits per heavy atom. The molecular weight excluding hydrogens is 263 g/mol. The Morgan fingerprint density at radius 2 is 1.84 bits per heavy atom. The van der Waals surface area contributed by atoms with Crippen LogP contribution in [0, 0.1) is 19.7 Å². The van der Waals surface area contributed by atoms with Gasteiger partial charge in [0.25, 0.3) is 0 Å². The average Bonchev–Trinajstić information content (AvgIpc) is 2.36. The Kier molecular flexibility index (Phi) is 4.20. The lowest BCUT2D eigenvalue weighted by molar-refractivity contribution is 0.614. The number of halogens is 2. The van der Waals surface area contributed by atoms with Gasteiger partial charge in [-0.2, -0.15) is 0 Å². The fraction of sp³-hybridized carbons (Fsp3) is 0.200. The van der Waals surface area contributed by atoms with Crippen LogP contribution in [0.4, 0.5) is 4.39 Å². The standard InChI is InChI=1S/C15H16ClFN2/c1-9-3-4-10(2)13(7-9)15(19-18)12-6-5-11(17)8-14(12)16/h3-8,15,19H,18H2,1-2H3. The van der Waals surface area contributed by atoms with Crippen molar-refractivity contribution in [2.24, 2.45) is 5.84 Å². The van der Waals surface area contributed by atoms with E-state index in [4.69, 9.17) is 17.4 Å². The zero-order valence-electron chi connectivity index (χ0n) is 10.9. The third kappa shape index (κ3) is 2.95. The third-order valence-electron chi connectivity index (χ3n) is 3.19. The zero-order chi connectivity index (χ0) is 14.0. The highest BCUT2D eigenvalue weighted by atomic mass is 35.5. The lowest BCUT2D eigenvalue weighted by Crippen LogP contribution is -2.29. The summed E-state index contributed by atoms with van der Waals surface area (Å²) in [5, 5.41) is 0.365. The highest BCUT2D eigenvalue weighted by molar-refractivity contribution is 6.31. The van der Waals surface area contributed by atoms with E-state index in [1.165, 1.54) is 12.1 Å². The van der Waals surface area contributed by atoms with Crippen molar-refractivity contribution in [3.8, 4) is 0 Å². The van der Waals surface area contributed by atoms with E-state index in [0.29, 0.717) is 5.02 Å². The predicted octanol–water partition coefficient (Wildman–Crippen LogP) is 3.65. The van der Waals surface area contributed by atoms with E-state index in [1.54, 1.807) is 6.07 Å². The van der Waals surface area contributed by atoms with Gasteiger partial charge >= 0.3 is 0 Å². The lowest BCUT2D eigenvalue weighted by Gasteiger charge is -2.20. The molecular formula is C15H16ClFN2. The third-order valence-corrected chi connectivity index (χ3v) is 3.51. The van der Waals surface area contributed by atoms with E-state index in [0.717, 1.165) is 22.3 Å². The van der Waals surface area contributed by atoms with Crippen molar-refractivity contribution in [1.82, 2.24) is 5.43 Å². The molecule has 0 aliphatic heterocycles. The van der Waals surface area contributed by atoms with Crippen molar-refractivity contribution in [3.63, 3.8) is 0 Å². The van der Waals surface area contributed by atoms with E-state index in [-0.39, 0.29) is 11.9 Å². The summed E-state index contributed by atoms with van der Waals surface area (Å²) in [6.45, 7) is 4.03. The van der Waals surface area contributed by atoms with E-state index in [1.807, 2.05) is 26.0 Å². The van der Waals surface area contributed by atoms with Gasteiger partial charge in [-0.25, -0.2) is 9.82 Å². The summed E-state index contributed by atoms with van der Waals surface area (Å²) in [7, 11) is 0. The number of nitrogens with one attached hydrogen (secondary N) is 1. The van der Waals surface area contributed by atoms with Crippen LogP contribution in [0.15, 0.2) is 36.4 Å². The number of nitrogens with two attached hydrogens (primary N) is 1. The van der Waals surface area contributed by atoms with Crippen LogP contribution in [0.5, 0.6) is 0 Å². The second-order valence-electron chi connectivity index (χ2n) is 4.63. The molecule has 4 heteroatoms. The van der Waals surface area contributed by atoms with Crippen molar-refractivity contribution in [2.75, 3.05) is 0 Å². The van der Waals surface area contributed by atoms with Crippen LogP contribution < -0.4 is 11.3 Å². The molecule has 0 radical (unpaired) electrons. The molecule has 2 aromatic carbocycles. The van der Waals surface area contributed by atoms with Gasteiger partial charge in [0.2, 0.25) is 0 Å². The summed E-state index contributed by atoms with van der Waals surface area (Å²) in [6.07, 6.45) is 0. The molecule has 0 heterocycles. The number of hydrogen-bond donors (Lipinski definition) is 2. The van der Waals surface area contributed by atoms with Crippen molar-refractivity contribution in [3.05, 3.63) is 69.5 Å². The second-order valence-corrected chi connectivity index (χ2v) is 5.03. The quantitative estimate of drug-likeness (QED) is 0.664. The monoisotopic (exact) mass is 278 g/mol. The SMILES string of the molecule is Cc1ccc(C)c(C(NN)c2ccc(F)cc2Cl)c1.